The molecule has 0 aliphatic carbocycles. The van der Waals surface area contributed by atoms with E-state index in [0.29, 0.717) is 6.42 Å². The van der Waals surface area contributed by atoms with Gasteiger partial charge in [-0.3, -0.25) is 4.79 Å². The zero-order valence-electron chi connectivity index (χ0n) is 16.9. The summed E-state index contributed by atoms with van der Waals surface area (Å²) in [5.41, 5.74) is 0. The fourth-order valence-corrected chi connectivity index (χ4v) is 4.83. The molecule has 0 amide bonds. The molecule has 2 nitrogen and oxygen atoms in total. The number of methoxy groups -OCH3 is 1. The Morgan fingerprint density at radius 1 is 0.720 bits per heavy atom. The van der Waals surface area contributed by atoms with Crippen molar-refractivity contribution in [2.75, 3.05) is 7.11 Å². The maximum Gasteiger partial charge on any atom is 0.305 e. The van der Waals surface area contributed by atoms with Gasteiger partial charge in [0.05, 0.1) is 7.11 Å². The molecule has 1 saturated heterocycles. The summed E-state index contributed by atoms with van der Waals surface area (Å²) in [6, 6.07) is 0. The Balaban J connectivity index is 1.73. The van der Waals surface area contributed by atoms with Crippen LogP contribution >= 0.6 is 11.8 Å². The van der Waals surface area contributed by atoms with Crippen molar-refractivity contribution in [3.63, 3.8) is 0 Å². The topological polar surface area (TPSA) is 26.3 Å². The molecule has 148 valence electrons. The molecule has 1 fully saturated rings. The van der Waals surface area contributed by atoms with E-state index in [4.69, 9.17) is 0 Å². The molecule has 1 rings (SSSR count). The first-order chi connectivity index (χ1) is 12.3. The quantitative estimate of drug-likeness (QED) is 0.144. The van der Waals surface area contributed by atoms with Crippen LogP contribution in [-0.4, -0.2) is 23.6 Å². The van der Waals surface area contributed by atoms with Gasteiger partial charge in [0.15, 0.2) is 0 Å². The molecular weight excluding hydrogens is 328 g/mol. The summed E-state index contributed by atoms with van der Waals surface area (Å²) in [5.74, 6) is -0.0588. The molecular formula is C22H42O2S. The van der Waals surface area contributed by atoms with Gasteiger partial charge >= 0.3 is 5.97 Å². The van der Waals surface area contributed by atoms with Gasteiger partial charge in [-0.2, -0.15) is 11.8 Å². The van der Waals surface area contributed by atoms with Crippen LogP contribution < -0.4 is 0 Å². The second-order valence-corrected chi connectivity index (χ2v) is 9.20. The van der Waals surface area contributed by atoms with Crippen LogP contribution in [-0.2, 0) is 9.53 Å². The number of carbonyl (C=O) groups is 1. The molecule has 0 aromatic heterocycles. The minimum atomic E-state index is -0.0588. The number of esters is 1. The molecule has 2 unspecified atom stereocenters. The van der Waals surface area contributed by atoms with E-state index in [1.807, 2.05) is 0 Å². The van der Waals surface area contributed by atoms with E-state index in [-0.39, 0.29) is 5.97 Å². The molecule has 0 aromatic rings. The Kier molecular flexibility index (Phi) is 14.7. The van der Waals surface area contributed by atoms with Crippen molar-refractivity contribution in [1.82, 2.24) is 0 Å². The van der Waals surface area contributed by atoms with Crippen molar-refractivity contribution >= 4 is 17.7 Å². The summed E-state index contributed by atoms with van der Waals surface area (Å²) in [4.78, 5) is 11.0. The molecule has 0 spiro atoms. The molecule has 0 bridgehead atoms. The van der Waals surface area contributed by atoms with Crippen molar-refractivity contribution in [2.45, 2.75) is 127 Å². The monoisotopic (exact) mass is 370 g/mol. The maximum absolute atomic E-state index is 11.0. The second kappa shape index (κ2) is 16.0. The van der Waals surface area contributed by atoms with Crippen LogP contribution in [0.25, 0.3) is 0 Å². The van der Waals surface area contributed by atoms with E-state index in [0.717, 1.165) is 16.9 Å². The van der Waals surface area contributed by atoms with E-state index in [9.17, 15) is 4.79 Å². The van der Waals surface area contributed by atoms with Crippen LogP contribution in [0.5, 0.6) is 0 Å². The van der Waals surface area contributed by atoms with Gasteiger partial charge < -0.3 is 4.74 Å². The SMILES string of the molecule is CCCCCCCCCCCCCCC1SC1CCCCC(=O)OC. The van der Waals surface area contributed by atoms with Crippen LogP contribution in [0.2, 0.25) is 0 Å². The third-order valence-corrected chi connectivity index (χ3v) is 6.89. The molecule has 1 aliphatic heterocycles. The molecule has 0 aromatic carbocycles. The predicted molar refractivity (Wildman–Crippen MR) is 111 cm³/mol. The Labute approximate surface area is 161 Å². The minimum absolute atomic E-state index is 0.0588. The summed E-state index contributed by atoms with van der Waals surface area (Å²) >= 11 is 2.17. The number of rotatable bonds is 18. The van der Waals surface area contributed by atoms with Crippen molar-refractivity contribution in [2.24, 2.45) is 0 Å². The number of hydrogen-bond acceptors (Lipinski definition) is 3. The largest absolute Gasteiger partial charge is 0.469 e. The zero-order valence-corrected chi connectivity index (χ0v) is 17.7. The lowest BCUT2D eigenvalue weighted by Crippen LogP contribution is -2.00. The smallest absolute Gasteiger partial charge is 0.305 e. The summed E-state index contributed by atoms with van der Waals surface area (Å²) in [5, 5.41) is 1.83. The first-order valence-corrected chi connectivity index (χ1v) is 11.9. The van der Waals surface area contributed by atoms with Gasteiger partial charge in [-0.25, -0.2) is 0 Å². The highest BCUT2D eigenvalue weighted by molar-refractivity contribution is 8.07. The maximum atomic E-state index is 11.0. The highest BCUT2D eigenvalue weighted by Gasteiger charge is 2.36. The first-order valence-electron chi connectivity index (χ1n) is 11.0. The van der Waals surface area contributed by atoms with Gasteiger partial charge in [0.1, 0.15) is 0 Å². The number of unbranched alkanes of at least 4 members (excludes halogenated alkanes) is 12. The van der Waals surface area contributed by atoms with E-state index in [1.54, 1.807) is 0 Å². The molecule has 0 radical (unpaired) electrons. The van der Waals surface area contributed by atoms with Crippen molar-refractivity contribution < 1.29 is 9.53 Å². The van der Waals surface area contributed by atoms with Gasteiger partial charge in [-0.05, 0) is 19.3 Å². The Morgan fingerprint density at radius 2 is 1.16 bits per heavy atom. The summed E-state index contributed by atoms with van der Waals surface area (Å²) < 4.78 is 4.68. The van der Waals surface area contributed by atoms with Gasteiger partial charge in [0, 0.05) is 16.9 Å². The normalized spacial score (nSPS) is 19.1. The Morgan fingerprint density at radius 3 is 1.64 bits per heavy atom. The predicted octanol–water partition coefficient (Wildman–Crippen LogP) is 7.30. The minimum Gasteiger partial charge on any atom is -0.469 e. The number of carbonyl (C=O) groups excluding carboxylic acids is 1. The third-order valence-electron chi connectivity index (χ3n) is 5.38. The average molecular weight is 371 g/mol. The summed E-state index contributed by atoms with van der Waals surface area (Å²) in [7, 11) is 1.48. The van der Waals surface area contributed by atoms with Gasteiger partial charge in [-0.15, -0.1) is 0 Å². The van der Waals surface area contributed by atoms with Crippen molar-refractivity contribution in [3.8, 4) is 0 Å². The number of hydrogen-bond donors (Lipinski definition) is 0. The number of ether oxygens (including phenoxy) is 1. The van der Waals surface area contributed by atoms with Crippen LogP contribution in [0.4, 0.5) is 0 Å². The van der Waals surface area contributed by atoms with Crippen molar-refractivity contribution in [3.05, 3.63) is 0 Å². The highest BCUT2D eigenvalue weighted by atomic mass is 32.2. The average Bonchev–Trinajstić information content (AvgIpc) is 3.37. The fourth-order valence-electron chi connectivity index (χ4n) is 3.59. The standard InChI is InChI=1S/C22H42O2S/c1-3-4-5-6-7-8-9-10-11-12-13-14-17-20-21(25-20)18-15-16-19-22(23)24-2/h20-21H,3-19H2,1-2H3. The fraction of sp³-hybridized carbons (Fsp3) is 0.955. The van der Waals surface area contributed by atoms with Crippen LogP contribution in [0.1, 0.15) is 116 Å². The highest BCUT2D eigenvalue weighted by Crippen LogP contribution is 2.47. The summed E-state index contributed by atoms with van der Waals surface area (Å²) in [6.07, 6.45) is 22.7. The van der Waals surface area contributed by atoms with Crippen LogP contribution in [0.3, 0.4) is 0 Å². The van der Waals surface area contributed by atoms with Crippen LogP contribution in [0, 0.1) is 0 Å². The molecule has 1 aliphatic rings. The lowest BCUT2D eigenvalue weighted by Gasteiger charge is -2.03. The molecule has 0 N–H and O–H groups in total. The van der Waals surface area contributed by atoms with E-state index < -0.39 is 0 Å². The molecule has 1 heterocycles. The molecule has 25 heavy (non-hydrogen) atoms. The summed E-state index contributed by atoms with van der Waals surface area (Å²) in [6.45, 7) is 2.29. The second-order valence-electron chi connectivity index (χ2n) is 7.71. The van der Waals surface area contributed by atoms with Gasteiger partial charge in [0.2, 0.25) is 0 Å². The lowest BCUT2D eigenvalue weighted by molar-refractivity contribution is -0.140. The lowest BCUT2D eigenvalue weighted by atomic mass is 10.0. The van der Waals surface area contributed by atoms with Crippen LogP contribution in [0.15, 0.2) is 0 Å². The van der Waals surface area contributed by atoms with E-state index in [1.165, 1.54) is 103 Å². The zero-order chi connectivity index (χ0) is 18.2. The van der Waals surface area contributed by atoms with E-state index >= 15 is 0 Å². The van der Waals surface area contributed by atoms with Gasteiger partial charge in [-0.1, -0.05) is 90.4 Å². The van der Waals surface area contributed by atoms with E-state index in [2.05, 4.69) is 23.4 Å². The molecule has 3 heteroatoms. The van der Waals surface area contributed by atoms with Crippen molar-refractivity contribution in [1.29, 1.82) is 0 Å². The third kappa shape index (κ3) is 13.7. The van der Waals surface area contributed by atoms with Gasteiger partial charge in [0.25, 0.3) is 0 Å². The first kappa shape index (κ1) is 22.9. The Bertz CT molecular complexity index is 319. The Hall–Kier alpha value is -0.180. The molecule has 0 saturated carbocycles. The number of thioether (sulfide) groups is 1. The molecule has 2 atom stereocenters.